The zero-order chi connectivity index (χ0) is 17.7. The van der Waals surface area contributed by atoms with Gasteiger partial charge in [-0.3, -0.25) is 4.99 Å². The lowest BCUT2D eigenvalue weighted by molar-refractivity contribution is 0.366. The first kappa shape index (κ1) is 19.7. The maximum Gasteiger partial charge on any atom is 0.191 e. The Kier molecular flexibility index (Phi) is 9.37. The number of nitrogens with one attached hydrogen (secondary N) is 2. The molecule has 6 nitrogen and oxygen atoms in total. The maximum atomic E-state index is 4.86. The number of rotatable bonds is 10. The van der Waals surface area contributed by atoms with Gasteiger partial charge >= 0.3 is 0 Å². The van der Waals surface area contributed by atoms with Crippen LogP contribution in [0.15, 0.2) is 11.3 Å². The van der Waals surface area contributed by atoms with Gasteiger partial charge in [0.15, 0.2) is 5.96 Å². The van der Waals surface area contributed by atoms with Gasteiger partial charge in [-0.1, -0.05) is 46.0 Å². The Balaban J connectivity index is 1.79. The van der Waals surface area contributed by atoms with Crippen LogP contribution in [0.4, 0.5) is 0 Å². The van der Waals surface area contributed by atoms with E-state index in [0.29, 0.717) is 0 Å². The van der Waals surface area contributed by atoms with Crippen molar-refractivity contribution in [3.8, 4) is 0 Å². The van der Waals surface area contributed by atoms with Crippen LogP contribution in [0.3, 0.4) is 0 Å². The Labute approximate surface area is 152 Å². The van der Waals surface area contributed by atoms with Crippen LogP contribution in [0.25, 0.3) is 0 Å². The van der Waals surface area contributed by atoms with Gasteiger partial charge in [0, 0.05) is 32.6 Å². The molecule has 0 saturated heterocycles. The quantitative estimate of drug-likeness (QED) is 0.387. The first-order valence-electron chi connectivity index (χ1n) is 10.2. The van der Waals surface area contributed by atoms with Crippen molar-refractivity contribution in [1.29, 1.82) is 0 Å². The average Bonchev–Trinajstić information content (AvgIpc) is 3.11. The van der Waals surface area contributed by atoms with Gasteiger partial charge in [-0.2, -0.15) is 0 Å². The van der Waals surface area contributed by atoms with Crippen molar-refractivity contribution in [3.05, 3.63) is 12.2 Å². The minimum atomic E-state index is 0.771. The summed E-state index contributed by atoms with van der Waals surface area (Å²) in [7, 11) is 0. The van der Waals surface area contributed by atoms with Crippen LogP contribution in [0.2, 0.25) is 0 Å². The van der Waals surface area contributed by atoms with Gasteiger partial charge in [0.1, 0.15) is 12.2 Å². The molecule has 2 rings (SSSR count). The Morgan fingerprint density at radius 2 is 1.96 bits per heavy atom. The van der Waals surface area contributed by atoms with E-state index in [1.165, 1.54) is 51.4 Å². The third-order valence-electron chi connectivity index (χ3n) is 4.96. The Morgan fingerprint density at radius 1 is 1.16 bits per heavy atom. The summed E-state index contributed by atoms with van der Waals surface area (Å²) in [5.74, 6) is 2.78. The molecule has 6 heteroatoms. The van der Waals surface area contributed by atoms with Crippen LogP contribution in [0, 0.1) is 5.92 Å². The number of guanidine groups is 1. The molecule has 0 radical (unpaired) electrons. The smallest absolute Gasteiger partial charge is 0.191 e. The van der Waals surface area contributed by atoms with E-state index in [2.05, 4.69) is 39.2 Å². The van der Waals surface area contributed by atoms with Crippen LogP contribution in [0.5, 0.6) is 0 Å². The number of aliphatic imine (C=N–C) groups is 1. The van der Waals surface area contributed by atoms with Crippen molar-refractivity contribution in [2.45, 2.75) is 78.2 Å². The molecular weight excluding hydrogens is 312 g/mol. The number of hydrogen-bond acceptors (Lipinski definition) is 3. The van der Waals surface area contributed by atoms with Gasteiger partial charge in [-0.15, -0.1) is 10.2 Å². The highest BCUT2D eigenvalue weighted by atomic mass is 15.3. The lowest BCUT2D eigenvalue weighted by atomic mass is 9.89. The van der Waals surface area contributed by atoms with Crippen molar-refractivity contribution in [2.24, 2.45) is 10.9 Å². The molecule has 1 fully saturated rings. The number of aromatic nitrogens is 3. The van der Waals surface area contributed by atoms with Crippen LogP contribution in [-0.4, -0.2) is 40.4 Å². The van der Waals surface area contributed by atoms with Crippen LogP contribution >= 0.6 is 0 Å². The van der Waals surface area contributed by atoms with Crippen molar-refractivity contribution < 1.29 is 0 Å². The zero-order valence-corrected chi connectivity index (χ0v) is 16.1. The SMILES string of the molecule is CCCCCNC(=NCC1CCCCC1)NCCn1cnnc1CC. The van der Waals surface area contributed by atoms with E-state index in [-0.39, 0.29) is 0 Å². The van der Waals surface area contributed by atoms with E-state index < -0.39 is 0 Å². The van der Waals surface area contributed by atoms with E-state index in [9.17, 15) is 0 Å². The number of nitrogens with zero attached hydrogens (tertiary/aromatic N) is 4. The fourth-order valence-electron chi connectivity index (χ4n) is 3.38. The van der Waals surface area contributed by atoms with Gasteiger partial charge in [0.2, 0.25) is 0 Å². The average molecular weight is 349 g/mol. The standard InChI is InChI=1S/C19H36N6/c1-3-5-9-12-20-19(22-15-17-10-7-6-8-11-17)21-13-14-25-16-23-24-18(25)4-2/h16-17H,3-15H2,1-2H3,(H2,20,21,22). The molecule has 25 heavy (non-hydrogen) atoms. The molecule has 0 spiro atoms. The second kappa shape index (κ2) is 11.9. The van der Waals surface area contributed by atoms with E-state index in [4.69, 9.17) is 4.99 Å². The van der Waals surface area contributed by atoms with Crippen LogP contribution < -0.4 is 10.6 Å². The molecule has 1 saturated carbocycles. The minimum Gasteiger partial charge on any atom is -0.356 e. The van der Waals surface area contributed by atoms with Crippen LogP contribution in [0.1, 0.15) is 71.0 Å². The third-order valence-corrected chi connectivity index (χ3v) is 4.96. The molecule has 0 aliphatic heterocycles. The van der Waals surface area contributed by atoms with Gasteiger partial charge in [0.25, 0.3) is 0 Å². The molecule has 142 valence electrons. The summed E-state index contributed by atoms with van der Waals surface area (Å²) in [6.07, 6.45) is 13.3. The number of unbranched alkanes of at least 4 members (excludes halogenated alkanes) is 2. The predicted octanol–water partition coefficient (Wildman–Crippen LogP) is 3.15. The molecule has 2 N–H and O–H groups in total. The van der Waals surface area contributed by atoms with E-state index >= 15 is 0 Å². The second-order valence-corrected chi connectivity index (χ2v) is 7.05. The Hall–Kier alpha value is -1.59. The molecule has 0 aromatic carbocycles. The molecule has 1 aliphatic rings. The fraction of sp³-hybridized carbons (Fsp3) is 0.842. The summed E-state index contributed by atoms with van der Waals surface area (Å²) in [6.45, 7) is 8.01. The lowest BCUT2D eigenvalue weighted by Crippen LogP contribution is -2.40. The first-order valence-corrected chi connectivity index (χ1v) is 10.2. The van der Waals surface area contributed by atoms with Crippen LogP contribution in [-0.2, 0) is 13.0 Å². The van der Waals surface area contributed by atoms with E-state index in [1.807, 2.05) is 6.33 Å². The largest absolute Gasteiger partial charge is 0.356 e. The topological polar surface area (TPSA) is 67.1 Å². The lowest BCUT2D eigenvalue weighted by Gasteiger charge is -2.20. The summed E-state index contributed by atoms with van der Waals surface area (Å²) in [6, 6.07) is 0. The van der Waals surface area contributed by atoms with Gasteiger partial charge in [0.05, 0.1) is 0 Å². The summed E-state index contributed by atoms with van der Waals surface area (Å²) in [5, 5.41) is 15.1. The van der Waals surface area contributed by atoms with Crippen molar-refractivity contribution in [1.82, 2.24) is 25.4 Å². The summed E-state index contributed by atoms with van der Waals surface area (Å²) in [4.78, 5) is 4.86. The molecule has 1 aliphatic carbocycles. The van der Waals surface area contributed by atoms with E-state index in [0.717, 1.165) is 50.3 Å². The summed E-state index contributed by atoms with van der Waals surface area (Å²) < 4.78 is 2.11. The molecule has 0 bridgehead atoms. The Bertz CT molecular complexity index is 490. The second-order valence-electron chi connectivity index (χ2n) is 7.05. The monoisotopic (exact) mass is 348 g/mol. The zero-order valence-electron chi connectivity index (χ0n) is 16.1. The molecular formula is C19H36N6. The van der Waals surface area contributed by atoms with Crippen molar-refractivity contribution in [3.63, 3.8) is 0 Å². The summed E-state index contributed by atoms with van der Waals surface area (Å²) in [5.41, 5.74) is 0. The van der Waals surface area contributed by atoms with Crippen molar-refractivity contribution in [2.75, 3.05) is 19.6 Å². The molecule has 1 heterocycles. The van der Waals surface area contributed by atoms with Gasteiger partial charge in [-0.25, -0.2) is 0 Å². The van der Waals surface area contributed by atoms with Crippen molar-refractivity contribution >= 4 is 5.96 Å². The summed E-state index contributed by atoms with van der Waals surface area (Å²) >= 11 is 0. The molecule has 1 aromatic heterocycles. The maximum absolute atomic E-state index is 4.86. The normalized spacial score (nSPS) is 16.2. The highest BCUT2D eigenvalue weighted by Crippen LogP contribution is 2.23. The van der Waals surface area contributed by atoms with E-state index in [1.54, 1.807) is 0 Å². The third kappa shape index (κ3) is 7.45. The van der Waals surface area contributed by atoms with Gasteiger partial charge in [-0.05, 0) is 25.2 Å². The van der Waals surface area contributed by atoms with Gasteiger partial charge < -0.3 is 15.2 Å². The molecule has 1 aromatic rings. The Morgan fingerprint density at radius 3 is 2.72 bits per heavy atom. The predicted molar refractivity (Wildman–Crippen MR) is 104 cm³/mol. The highest BCUT2D eigenvalue weighted by Gasteiger charge is 2.13. The number of aryl methyl sites for hydroxylation is 1. The molecule has 0 atom stereocenters. The minimum absolute atomic E-state index is 0.771. The highest BCUT2D eigenvalue weighted by molar-refractivity contribution is 5.79. The number of hydrogen-bond donors (Lipinski definition) is 2. The molecule has 0 amide bonds. The molecule has 0 unspecified atom stereocenters. The fourth-order valence-corrected chi connectivity index (χ4v) is 3.38. The first-order chi connectivity index (χ1) is 12.3.